The molecule has 0 amide bonds. The van der Waals surface area contributed by atoms with Crippen LogP contribution >= 0.6 is 47.4 Å². The van der Waals surface area contributed by atoms with E-state index in [0.29, 0.717) is 10.0 Å². The highest BCUT2D eigenvalue weighted by atomic mass is 35.5. The summed E-state index contributed by atoms with van der Waals surface area (Å²) in [5, 5.41) is 6.17. The summed E-state index contributed by atoms with van der Waals surface area (Å²) in [6.07, 6.45) is 0. The molecule has 3 rings (SSSR count). The largest absolute Gasteiger partial charge is 0.358 e. The van der Waals surface area contributed by atoms with Gasteiger partial charge in [0.1, 0.15) is 5.82 Å². The topological polar surface area (TPSA) is 21.1 Å². The van der Waals surface area contributed by atoms with E-state index >= 15 is 0 Å². The molecule has 0 saturated carbocycles. The molecule has 1 atom stereocenters. The molecule has 0 aliphatic carbocycles. The van der Waals surface area contributed by atoms with E-state index in [1.165, 1.54) is 5.56 Å². The van der Waals surface area contributed by atoms with Crippen molar-refractivity contribution in [1.82, 2.24) is 9.78 Å². The molecule has 1 aromatic heterocycles. The van der Waals surface area contributed by atoms with Gasteiger partial charge in [0.25, 0.3) is 0 Å². The van der Waals surface area contributed by atoms with Crippen LogP contribution in [0.15, 0.2) is 18.2 Å². The molecule has 0 bridgehead atoms. The van der Waals surface area contributed by atoms with Crippen molar-refractivity contribution in [1.29, 1.82) is 0 Å². The monoisotopic (exact) mass is 405 g/mol. The van der Waals surface area contributed by atoms with Crippen LogP contribution in [-0.2, 0) is 7.05 Å². The predicted octanol–water partition coefficient (Wildman–Crippen LogP) is 5.51. The standard InChI is InChI=1S/C17H21Cl2N3S.ClH/c1-10-14-15(12-7-6-11(18)8-13(12)19)23-17(2,3)9-21(4)16(14)22(5)20-10;/h6-8,15H,9H2,1-5H3;1H. The van der Waals surface area contributed by atoms with Gasteiger partial charge in [-0.2, -0.15) is 5.10 Å². The van der Waals surface area contributed by atoms with Crippen LogP contribution < -0.4 is 4.90 Å². The molecule has 2 heterocycles. The van der Waals surface area contributed by atoms with Crippen LogP contribution in [0.5, 0.6) is 0 Å². The Morgan fingerprint density at radius 2 is 1.92 bits per heavy atom. The Morgan fingerprint density at radius 1 is 1.25 bits per heavy atom. The molecular weight excluding hydrogens is 385 g/mol. The van der Waals surface area contributed by atoms with Gasteiger partial charge in [-0.1, -0.05) is 29.3 Å². The maximum absolute atomic E-state index is 6.53. The summed E-state index contributed by atoms with van der Waals surface area (Å²) in [6, 6.07) is 5.78. The van der Waals surface area contributed by atoms with Crippen LogP contribution in [0.1, 0.15) is 35.9 Å². The molecule has 1 aliphatic rings. The van der Waals surface area contributed by atoms with Crippen LogP contribution in [0.2, 0.25) is 10.0 Å². The van der Waals surface area contributed by atoms with E-state index in [4.69, 9.17) is 23.2 Å². The van der Waals surface area contributed by atoms with Gasteiger partial charge in [0.2, 0.25) is 0 Å². The Morgan fingerprint density at radius 3 is 2.54 bits per heavy atom. The highest BCUT2D eigenvalue weighted by Gasteiger charge is 2.37. The van der Waals surface area contributed by atoms with E-state index in [1.54, 1.807) is 0 Å². The quantitative estimate of drug-likeness (QED) is 0.623. The van der Waals surface area contributed by atoms with Crippen molar-refractivity contribution in [2.24, 2.45) is 7.05 Å². The number of halogens is 3. The fraction of sp³-hybridized carbons (Fsp3) is 0.471. The summed E-state index contributed by atoms with van der Waals surface area (Å²) < 4.78 is 2.07. The molecule has 0 radical (unpaired) electrons. The highest BCUT2D eigenvalue weighted by molar-refractivity contribution is 8.01. The Hall–Kier alpha value is -0.550. The number of aromatic nitrogens is 2. The zero-order valence-corrected chi connectivity index (χ0v) is 17.6. The number of hydrogen-bond acceptors (Lipinski definition) is 3. The number of aryl methyl sites for hydroxylation is 2. The first-order chi connectivity index (χ1) is 10.7. The second-order valence-corrected chi connectivity index (χ2v) is 9.38. The smallest absolute Gasteiger partial charge is 0.131 e. The fourth-order valence-electron chi connectivity index (χ4n) is 3.42. The van der Waals surface area contributed by atoms with Gasteiger partial charge in [0, 0.05) is 41.0 Å². The highest BCUT2D eigenvalue weighted by Crippen LogP contribution is 2.51. The van der Waals surface area contributed by atoms with Crippen molar-refractivity contribution < 1.29 is 0 Å². The Bertz CT molecular complexity index is 758. The molecular formula is C17H22Cl3N3S. The number of hydrogen-bond donors (Lipinski definition) is 0. The molecule has 1 unspecified atom stereocenters. The summed E-state index contributed by atoms with van der Waals surface area (Å²) >= 11 is 14.6. The maximum Gasteiger partial charge on any atom is 0.131 e. The molecule has 2 aromatic rings. The Balaban J connectivity index is 0.00000208. The van der Waals surface area contributed by atoms with Crippen molar-refractivity contribution in [3.63, 3.8) is 0 Å². The van der Waals surface area contributed by atoms with Crippen LogP contribution in [-0.4, -0.2) is 28.1 Å². The van der Waals surface area contributed by atoms with E-state index in [0.717, 1.165) is 23.6 Å². The SMILES string of the molecule is Cc1nn(C)c2c1C(c1ccc(Cl)cc1Cl)SC(C)(C)CN2C.Cl. The Labute approximate surface area is 164 Å². The molecule has 1 aromatic carbocycles. The fourth-order valence-corrected chi connectivity index (χ4v) is 5.63. The van der Waals surface area contributed by atoms with E-state index in [-0.39, 0.29) is 22.4 Å². The number of anilines is 1. The van der Waals surface area contributed by atoms with Gasteiger partial charge in [-0.05, 0) is 38.5 Å². The van der Waals surface area contributed by atoms with E-state index < -0.39 is 0 Å². The molecule has 3 nitrogen and oxygen atoms in total. The lowest BCUT2D eigenvalue weighted by Gasteiger charge is -2.29. The van der Waals surface area contributed by atoms with Gasteiger partial charge in [0.15, 0.2) is 0 Å². The van der Waals surface area contributed by atoms with Crippen LogP contribution in [0, 0.1) is 6.92 Å². The van der Waals surface area contributed by atoms with Crippen molar-refractivity contribution in [3.8, 4) is 0 Å². The molecule has 0 spiro atoms. The van der Waals surface area contributed by atoms with Crippen molar-refractivity contribution in [2.45, 2.75) is 30.8 Å². The summed E-state index contributed by atoms with van der Waals surface area (Å²) in [5.74, 6) is 1.16. The molecule has 132 valence electrons. The second kappa shape index (κ2) is 6.99. The molecule has 0 fully saturated rings. The lowest BCUT2D eigenvalue weighted by molar-refractivity contribution is 0.663. The third-order valence-electron chi connectivity index (χ3n) is 4.16. The zero-order chi connectivity index (χ0) is 16.9. The van der Waals surface area contributed by atoms with Gasteiger partial charge < -0.3 is 4.90 Å². The first-order valence-electron chi connectivity index (χ1n) is 7.57. The summed E-state index contributed by atoms with van der Waals surface area (Å²) in [4.78, 5) is 2.30. The van der Waals surface area contributed by atoms with Gasteiger partial charge >= 0.3 is 0 Å². The van der Waals surface area contributed by atoms with E-state index in [2.05, 4.69) is 37.8 Å². The molecule has 0 saturated heterocycles. The van der Waals surface area contributed by atoms with Gasteiger partial charge in [0.05, 0.1) is 10.9 Å². The third kappa shape index (κ3) is 3.52. The molecule has 7 heteroatoms. The van der Waals surface area contributed by atoms with Gasteiger partial charge in [-0.15, -0.1) is 24.2 Å². The van der Waals surface area contributed by atoms with E-state index in [1.807, 2.05) is 41.7 Å². The van der Waals surface area contributed by atoms with Crippen molar-refractivity contribution in [3.05, 3.63) is 45.1 Å². The normalized spacial score (nSPS) is 19.5. The van der Waals surface area contributed by atoms with Crippen LogP contribution in [0.4, 0.5) is 5.82 Å². The molecule has 24 heavy (non-hydrogen) atoms. The maximum atomic E-state index is 6.53. The summed E-state index contributed by atoms with van der Waals surface area (Å²) in [5.41, 5.74) is 3.40. The molecule has 1 aliphatic heterocycles. The molecule has 0 N–H and O–H groups in total. The second-order valence-electron chi connectivity index (χ2n) is 6.73. The van der Waals surface area contributed by atoms with Crippen molar-refractivity contribution >= 4 is 53.2 Å². The lowest BCUT2D eigenvalue weighted by Crippen LogP contribution is -2.33. The minimum atomic E-state index is 0. The van der Waals surface area contributed by atoms with Gasteiger partial charge in [-0.3, -0.25) is 4.68 Å². The lowest BCUT2D eigenvalue weighted by atomic mass is 10.0. The average Bonchev–Trinajstić information content (AvgIpc) is 2.64. The summed E-state index contributed by atoms with van der Waals surface area (Å²) in [6.45, 7) is 7.58. The predicted molar refractivity (Wildman–Crippen MR) is 108 cm³/mol. The number of nitrogens with zero attached hydrogens (tertiary/aromatic N) is 3. The number of rotatable bonds is 1. The average molecular weight is 407 g/mol. The number of fused-ring (bicyclic) bond motifs is 1. The minimum absolute atomic E-state index is 0. The summed E-state index contributed by atoms with van der Waals surface area (Å²) in [7, 11) is 4.14. The van der Waals surface area contributed by atoms with Crippen molar-refractivity contribution in [2.75, 3.05) is 18.5 Å². The zero-order valence-electron chi connectivity index (χ0n) is 14.4. The van der Waals surface area contributed by atoms with Crippen LogP contribution in [0.25, 0.3) is 0 Å². The van der Waals surface area contributed by atoms with Crippen LogP contribution in [0.3, 0.4) is 0 Å². The number of thioether (sulfide) groups is 1. The first-order valence-corrected chi connectivity index (χ1v) is 9.20. The first kappa shape index (κ1) is 19.8. The third-order valence-corrected chi connectivity index (χ3v) is 6.22. The van der Waals surface area contributed by atoms with Gasteiger partial charge in [-0.25, -0.2) is 0 Å². The minimum Gasteiger partial charge on any atom is -0.358 e. The Kier molecular flexibility index (Phi) is 5.76. The number of benzene rings is 1. The van der Waals surface area contributed by atoms with E-state index in [9.17, 15) is 0 Å².